The molecule has 0 aliphatic heterocycles. The molecular weight excluding hydrogens is 309 g/mol. The lowest BCUT2D eigenvalue weighted by molar-refractivity contribution is 0.0950. The second kappa shape index (κ2) is 7.76. The van der Waals surface area contributed by atoms with Gasteiger partial charge in [0.05, 0.1) is 4.88 Å². The molecule has 1 unspecified atom stereocenters. The molecule has 5 heteroatoms. The number of thiophene rings is 1. The van der Waals surface area contributed by atoms with Gasteiger partial charge in [0, 0.05) is 17.1 Å². The average molecular weight is 328 g/mol. The molecule has 1 atom stereocenters. The zero-order chi connectivity index (χ0) is 15.2. The first-order valence-electron chi connectivity index (χ1n) is 7.17. The zero-order valence-electron chi connectivity index (χ0n) is 12.0. The molecule has 0 spiro atoms. The summed E-state index contributed by atoms with van der Waals surface area (Å²) in [6.07, 6.45) is 3.05. The summed E-state index contributed by atoms with van der Waals surface area (Å²) in [5, 5.41) is 3.86. The standard InChI is InChI=1S/C16H19ClFNOS/c1-2-3-11(6-7-17)10-19-16(20)15-8-12-4-5-13(18)9-14(12)21-15/h4-5,8-9,11H,2-3,6-7,10H2,1H3,(H,19,20). The van der Waals surface area contributed by atoms with Crippen LogP contribution in [0.15, 0.2) is 24.3 Å². The van der Waals surface area contributed by atoms with E-state index in [1.165, 1.54) is 23.5 Å². The molecule has 0 radical (unpaired) electrons. The van der Waals surface area contributed by atoms with Gasteiger partial charge in [-0.05, 0) is 42.3 Å². The lowest BCUT2D eigenvalue weighted by Gasteiger charge is -2.15. The maximum Gasteiger partial charge on any atom is 0.261 e. The Morgan fingerprint density at radius 1 is 1.38 bits per heavy atom. The minimum Gasteiger partial charge on any atom is -0.351 e. The van der Waals surface area contributed by atoms with Crippen molar-refractivity contribution in [2.45, 2.75) is 26.2 Å². The van der Waals surface area contributed by atoms with Crippen molar-refractivity contribution in [3.05, 3.63) is 35.0 Å². The van der Waals surface area contributed by atoms with Gasteiger partial charge >= 0.3 is 0 Å². The Balaban J connectivity index is 2.01. The van der Waals surface area contributed by atoms with Gasteiger partial charge in [0.25, 0.3) is 5.91 Å². The van der Waals surface area contributed by atoms with Gasteiger partial charge in [0.15, 0.2) is 0 Å². The molecule has 0 aliphatic carbocycles. The van der Waals surface area contributed by atoms with E-state index in [9.17, 15) is 9.18 Å². The third kappa shape index (κ3) is 4.42. The molecule has 1 heterocycles. The molecule has 2 aromatic rings. The van der Waals surface area contributed by atoms with Gasteiger partial charge in [0.1, 0.15) is 5.82 Å². The van der Waals surface area contributed by atoms with E-state index in [0.717, 1.165) is 29.3 Å². The second-order valence-electron chi connectivity index (χ2n) is 5.14. The van der Waals surface area contributed by atoms with Crippen LogP contribution in [0.4, 0.5) is 4.39 Å². The van der Waals surface area contributed by atoms with E-state index < -0.39 is 0 Å². The molecule has 21 heavy (non-hydrogen) atoms. The minimum atomic E-state index is -0.276. The van der Waals surface area contributed by atoms with Gasteiger partial charge in [0.2, 0.25) is 0 Å². The number of amides is 1. The van der Waals surface area contributed by atoms with Gasteiger partial charge in [-0.15, -0.1) is 22.9 Å². The highest BCUT2D eigenvalue weighted by molar-refractivity contribution is 7.20. The van der Waals surface area contributed by atoms with E-state index in [2.05, 4.69) is 12.2 Å². The van der Waals surface area contributed by atoms with Crippen LogP contribution in [0.1, 0.15) is 35.9 Å². The molecule has 1 aromatic carbocycles. The van der Waals surface area contributed by atoms with Crippen LogP contribution in [-0.2, 0) is 0 Å². The molecule has 0 saturated heterocycles. The highest BCUT2D eigenvalue weighted by Gasteiger charge is 2.13. The summed E-state index contributed by atoms with van der Waals surface area (Å²) < 4.78 is 14.0. The zero-order valence-corrected chi connectivity index (χ0v) is 13.6. The van der Waals surface area contributed by atoms with Crippen molar-refractivity contribution < 1.29 is 9.18 Å². The number of rotatable bonds is 7. The Hall–Kier alpha value is -1.13. The molecule has 114 valence electrons. The number of nitrogens with one attached hydrogen (secondary N) is 1. The van der Waals surface area contributed by atoms with Crippen LogP contribution in [-0.4, -0.2) is 18.3 Å². The third-order valence-electron chi connectivity index (χ3n) is 3.47. The lowest BCUT2D eigenvalue weighted by Crippen LogP contribution is -2.29. The van der Waals surface area contributed by atoms with Crippen LogP contribution in [0, 0.1) is 11.7 Å². The predicted molar refractivity (Wildman–Crippen MR) is 87.9 cm³/mol. The van der Waals surface area contributed by atoms with E-state index in [-0.39, 0.29) is 11.7 Å². The molecule has 0 fully saturated rings. The summed E-state index contributed by atoms with van der Waals surface area (Å²) in [7, 11) is 0. The SMILES string of the molecule is CCCC(CCCl)CNC(=O)c1cc2ccc(F)cc2s1. The Bertz CT molecular complexity index is 607. The van der Waals surface area contributed by atoms with Crippen molar-refractivity contribution in [2.24, 2.45) is 5.92 Å². The fraction of sp³-hybridized carbons (Fsp3) is 0.438. The van der Waals surface area contributed by atoms with Crippen LogP contribution in [0.25, 0.3) is 10.1 Å². The topological polar surface area (TPSA) is 29.1 Å². The summed E-state index contributed by atoms with van der Waals surface area (Å²) in [4.78, 5) is 12.8. The van der Waals surface area contributed by atoms with E-state index >= 15 is 0 Å². The number of halogens is 2. The smallest absolute Gasteiger partial charge is 0.261 e. The van der Waals surface area contributed by atoms with E-state index in [1.807, 2.05) is 6.07 Å². The largest absolute Gasteiger partial charge is 0.351 e. The van der Waals surface area contributed by atoms with Crippen molar-refractivity contribution in [3.63, 3.8) is 0 Å². The van der Waals surface area contributed by atoms with Crippen molar-refractivity contribution in [1.29, 1.82) is 0 Å². The molecule has 2 nitrogen and oxygen atoms in total. The molecule has 2 rings (SSSR count). The highest BCUT2D eigenvalue weighted by Crippen LogP contribution is 2.26. The van der Waals surface area contributed by atoms with Gasteiger partial charge in [-0.25, -0.2) is 4.39 Å². The Morgan fingerprint density at radius 2 is 2.19 bits per heavy atom. The third-order valence-corrected chi connectivity index (χ3v) is 4.79. The molecule has 0 bridgehead atoms. The molecule has 0 saturated carbocycles. The van der Waals surface area contributed by atoms with E-state index in [4.69, 9.17) is 11.6 Å². The van der Waals surface area contributed by atoms with Crippen LogP contribution in [0.5, 0.6) is 0 Å². The molecule has 1 amide bonds. The van der Waals surface area contributed by atoms with Crippen molar-refractivity contribution in [2.75, 3.05) is 12.4 Å². The van der Waals surface area contributed by atoms with E-state index in [0.29, 0.717) is 23.2 Å². The Kier molecular flexibility index (Phi) is 6.00. The maximum atomic E-state index is 13.2. The summed E-state index contributed by atoms with van der Waals surface area (Å²) in [6, 6.07) is 6.38. The fourth-order valence-electron chi connectivity index (χ4n) is 2.35. The van der Waals surface area contributed by atoms with Crippen molar-refractivity contribution in [1.82, 2.24) is 5.32 Å². The average Bonchev–Trinajstić information content (AvgIpc) is 2.88. The summed E-state index contributed by atoms with van der Waals surface area (Å²) in [6.45, 7) is 2.77. The monoisotopic (exact) mass is 327 g/mol. The summed E-state index contributed by atoms with van der Waals surface area (Å²) in [5.41, 5.74) is 0. The van der Waals surface area contributed by atoms with Gasteiger partial charge in [-0.2, -0.15) is 0 Å². The normalized spacial score (nSPS) is 12.5. The Labute approximate surface area is 133 Å². The number of benzene rings is 1. The number of carbonyl (C=O) groups is 1. The molecule has 1 N–H and O–H groups in total. The quantitative estimate of drug-likeness (QED) is 0.726. The summed E-state index contributed by atoms with van der Waals surface area (Å²) in [5.74, 6) is 0.667. The number of carbonyl (C=O) groups excluding carboxylic acids is 1. The number of hydrogen-bond acceptors (Lipinski definition) is 2. The van der Waals surface area contributed by atoms with Crippen LogP contribution >= 0.6 is 22.9 Å². The maximum absolute atomic E-state index is 13.2. The highest BCUT2D eigenvalue weighted by atomic mass is 35.5. The first-order valence-corrected chi connectivity index (χ1v) is 8.52. The van der Waals surface area contributed by atoms with Crippen LogP contribution in [0.2, 0.25) is 0 Å². The van der Waals surface area contributed by atoms with Crippen LogP contribution < -0.4 is 5.32 Å². The first kappa shape index (κ1) is 16.2. The summed E-state index contributed by atoms with van der Waals surface area (Å²) >= 11 is 7.11. The number of fused-ring (bicyclic) bond motifs is 1. The Morgan fingerprint density at radius 3 is 2.90 bits per heavy atom. The van der Waals surface area contributed by atoms with Crippen LogP contribution in [0.3, 0.4) is 0 Å². The van der Waals surface area contributed by atoms with Gasteiger partial charge in [-0.1, -0.05) is 19.4 Å². The van der Waals surface area contributed by atoms with Crippen molar-refractivity contribution in [3.8, 4) is 0 Å². The van der Waals surface area contributed by atoms with Gasteiger partial charge < -0.3 is 5.32 Å². The second-order valence-corrected chi connectivity index (χ2v) is 6.60. The molecule has 0 aliphatic rings. The fourth-order valence-corrected chi connectivity index (χ4v) is 3.66. The predicted octanol–water partition coefficient (Wildman–Crippen LogP) is 4.82. The molecular formula is C16H19ClFNOS. The van der Waals surface area contributed by atoms with Gasteiger partial charge in [-0.3, -0.25) is 4.79 Å². The number of alkyl halides is 1. The molecule has 1 aromatic heterocycles. The van der Waals surface area contributed by atoms with E-state index in [1.54, 1.807) is 6.07 Å². The number of hydrogen-bond donors (Lipinski definition) is 1. The van der Waals surface area contributed by atoms with Crippen molar-refractivity contribution >= 4 is 38.9 Å². The lowest BCUT2D eigenvalue weighted by atomic mass is 10.0. The minimum absolute atomic E-state index is 0.0905. The first-order chi connectivity index (χ1) is 10.1.